The molecule has 0 N–H and O–H groups in total. The molecule has 0 spiro atoms. The second-order valence-electron chi connectivity index (χ2n) is 21.4. The van der Waals surface area contributed by atoms with Crippen LogP contribution in [0.1, 0.15) is 49.9 Å². The van der Waals surface area contributed by atoms with Crippen molar-refractivity contribution < 1.29 is 0 Å². The second-order valence-corrected chi connectivity index (χ2v) is 21.4. The Labute approximate surface area is 440 Å². The number of aromatic nitrogens is 5. The standard InChI is InChI=1S/C70H48N6/c1-69(2)52-29-16-12-25-45(52)47-36-39-59-62(64(47)69)49-27-14-18-32-55(49)75(59)57-38-35-44(68-73-66(42-21-8-6-9-22-42)72-67(74-68)43-23-10-7-11-24-43)41-51(57)61-54(71-5)31-20-34-58(61)76-56-33-19-15-28-50(56)63-60(76)40-37-48-46-26-13-17-30-53(46)70(3,4)65(48)63/h6-41H,1-4H3. The van der Waals surface area contributed by atoms with Crippen LogP contribution in [0.2, 0.25) is 0 Å². The van der Waals surface area contributed by atoms with Crippen LogP contribution in [0.25, 0.3) is 127 Å². The van der Waals surface area contributed by atoms with Crippen molar-refractivity contribution >= 4 is 49.3 Å². The van der Waals surface area contributed by atoms with Crippen molar-refractivity contribution in [3.63, 3.8) is 0 Å². The van der Waals surface area contributed by atoms with E-state index in [1.54, 1.807) is 0 Å². The third-order valence-corrected chi connectivity index (χ3v) is 16.6. The van der Waals surface area contributed by atoms with Crippen molar-refractivity contribution in [2.45, 2.75) is 38.5 Å². The minimum absolute atomic E-state index is 0.253. The molecule has 6 heteroatoms. The average molecular weight is 973 g/mol. The molecule has 6 nitrogen and oxygen atoms in total. The zero-order valence-corrected chi connectivity index (χ0v) is 42.5. The van der Waals surface area contributed by atoms with Gasteiger partial charge in [-0.1, -0.05) is 198 Å². The smallest absolute Gasteiger partial charge is 0.197 e. The van der Waals surface area contributed by atoms with E-state index in [1.165, 1.54) is 66.1 Å². The van der Waals surface area contributed by atoms with Crippen molar-refractivity contribution in [3.8, 4) is 78.9 Å². The van der Waals surface area contributed by atoms with Gasteiger partial charge >= 0.3 is 0 Å². The first-order valence-corrected chi connectivity index (χ1v) is 26.1. The van der Waals surface area contributed by atoms with Crippen molar-refractivity contribution in [2.75, 3.05) is 0 Å². The van der Waals surface area contributed by atoms with Gasteiger partial charge in [-0.15, -0.1) is 0 Å². The van der Waals surface area contributed by atoms with Gasteiger partial charge in [0.25, 0.3) is 0 Å². The predicted octanol–water partition coefficient (Wildman–Crippen LogP) is 17.9. The van der Waals surface area contributed by atoms with Crippen molar-refractivity contribution in [1.82, 2.24) is 24.1 Å². The Bertz CT molecular complexity index is 4590. The van der Waals surface area contributed by atoms with Crippen LogP contribution in [0.3, 0.4) is 0 Å². The monoisotopic (exact) mass is 972 g/mol. The van der Waals surface area contributed by atoms with Gasteiger partial charge in [0.1, 0.15) is 0 Å². The molecule has 0 saturated carbocycles. The number of hydrogen-bond acceptors (Lipinski definition) is 3. The molecule has 0 radical (unpaired) electrons. The van der Waals surface area contributed by atoms with E-state index >= 15 is 0 Å². The predicted molar refractivity (Wildman–Crippen MR) is 312 cm³/mol. The number of rotatable bonds is 6. The quantitative estimate of drug-likeness (QED) is 0.156. The van der Waals surface area contributed by atoms with Crippen molar-refractivity contribution in [2.24, 2.45) is 0 Å². The lowest BCUT2D eigenvalue weighted by atomic mass is 9.80. The van der Waals surface area contributed by atoms with Crippen molar-refractivity contribution in [1.29, 1.82) is 0 Å². The molecule has 2 aliphatic rings. The van der Waals surface area contributed by atoms with Gasteiger partial charge in [-0.25, -0.2) is 19.8 Å². The molecule has 0 atom stereocenters. The molecule has 0 amide bonds. The second kappa shape index (κ2) is 16.1. The molecular formula is C70H48N6. The summed E-state index contributed by atoms with van der Waals surface area (Å²) in [7, 11) is 0. The Morgan fingerprint density at radius 2 is 0.829 bits per heavy atom. The number of fused-ring (bicyclic) bond motifs is 14. The molecule has 0 aliphatic heterocycles. The van der Waals surface area contributed by atoms with Crippen LogP contribution in [-0.2, 0) is 10.8 Å². The molecule has 10 aromatic carbocycles. The van der Waals surface area contributed by atoms with Gasteiger partial charge in [-0.3, -0.25) is 0 Å². The van der Waals surface area contributed by atoms with E-state index in [0.29, 0.717) is 23.2 Å². The van der Waals surface area contributed by atoms with Crippen molar-refractivity contribution in [3.05, 3.63) is 252 Å². The molecule has 76 heavy (non-hydrogen) atoms. The SMILES string of the molecule is [C-]#[N+]c1cccc(-n2c3ccccc3c3c4c(ccc32)-c2ccccc2C4(C)C)c1-c1cc(-c2nc(-c3ccccc3)nc(-c3ccccc3)n2)ccc1-n1c2ccccc2c2c3c(ccc21)-c1ccccc1C3(C)C. The van der Waals surface area contributed by atoms with E-state index < -0.39 is 0 Å². The molecule has 13 aromatic rings. The fraction of sp³-hybridized carbons (Fsp3) is 0.0857. The van der Waals surface area contributed by atoms with Gasteiger partial charge in [-0.2, -0.15) is 0 Å². The Balaban J connectivity index is 1.06. The molecule has 358 valence electrons. The van der Waals surface area contributed by atoms with Gasteiger partial charge in [0, 0.05) is 60.3 Å². The largest absolute Gasteiger partial charge is 0.310 e. The molecule has 2 aliphatic carbocycles. The van der Waals surface area contributed by atoms with Gasteiger partial charge < -0.3 is 9.13 Å². The zero-order chi connectivity index (χ0) is 51.0. The maximum absolute atomic E-state index is 9.05. The summed E-state index contributed by atoms with van der Waals surface area (Å²) < 4.78 is 4.84. The van der Waals surface area contributed by atoms with E-state index in [1.807, 2.05) is 72.8 Å². The summed E-state index contributed by atoms with van der Waals surface area (Å²) in [6.07, 6.45) is 0. The van der Waals surface area contributed by atoms with Crippen LogP contribution >= 0.6 is 0 Å². The summed E-state index contributed by atoms with van der Waals surface area (Å²) in [6.45, 7) is 18.5. The molecule has 15 rings (SSSR count). The highest BCUT2D eigenvalue weighted by Crippen LogP contribution is 2.56. The van der Waals surface area contributed by atoms with Crippen LogP contribution in [-0.4, -0.2) is 24.1 Å². The highest BCUT2D eigenvalue weighted by Gasteiger charge is 2.40. The molecule has 3 aromatic heterocycles. The van der Waals surface area contributed by atoms with Crippen LogP contribution in [0.5, 0.6) is 0 Å². The molecule has 0 saturated heterocycles. The maximum Gasteiger partial charge on any atom is 0.197 e. The normalized spacial score (nSPS) is 13.7. The number of hydrogen-bond donors (Lipinski definition) is 0. The van der Waals surface area contributed by atoms with E-state index in [0.717, 1.165) is 61.3 Å². The molecule has 0 unspecified atom stereocenters. The fourth-order valence-electron chi connectivity index (χ4n) is 13.3. The lowest BCUT2D eigenvalue weighted by Crippen LogP contribution is -2.15. The van der Waals surface area contributed by atoms with Crippen LogP contribution in [0, 0.1) is 6.57 Å². The third kappa shape index (κ3) is 6.11. The summed E-state index contributed by atoms with van der Waals surface area (Å²) >= 11 is 0. The number of benzene rings is 10. The maximum atomic E-state index is 9.05. The highest BCUT2D eigenvalue weighted by molar-refractivity contribution is 6.17. The van der Waals surface area contributed by atoms with Gasteiger partial charge in [0.2, 0.25) is 0 Å². The Hall–Kier alpha value is -9.70. The third-order valence-electron chi connectivity index (χ3n) is 16.6. The summed E-state index contributed by atoms with van der Waals surface area (Å²) in [5, 5.41) is 4.83. The summed E-state index contributed by atoms with van der Waals surface area (Å²) in [4.78, 5) is 20.0. The first-order chi connectivity index (χ1) is 37.2. The minimum Gasteiger partial charge on any atom is -0.310 e. The molecule has 3 heterocycles. The fourth-order valence-corrected chi connectivity index (χ4v) is 13.3. The topological polar surface area (TPSA) is 52.9 Å². The Morgan fingerprint density at radius 3 is 1.36 bits per heavy atom. The lowest BCUT2D eigenvalue weighted by Gasteiger charge is -2.23. The zero-order valence-electron chi connectivity index (χ0n) is 42.5. The van der Waals surface area contributed by atoms with Crippen LogP contribution in [0.4, 0.5) is 5.69 Å². The highest BCUT2D eigenvalue weighted by atomic mass is 15.0. The summed E-state index contributed by atoms with van der Waals surface area (Å²) in [5.41, 5.74) is 21.0. The molecular weight excluding hydrogens is 925 g/mol. The molecule has 0 fully saturated rings. The minimum atomic E-state index is -0.255. The van der Waals surface area contributed by atoms with Crippen LogP contribution < -0.4 is 0 Å². The van der Waals surface area contributed by atoms with E-state index in [4.69, 9.17) is 21.5 Å². The van der Waals surface area contributed by atoms with E-state index in [-0.39, 0.29) is 10.8 Å². The summed E-state index contributed by atoms with van der Waals surface area (Å²) in [5.74, 6) is 1.70. The van der Waals surface area contributed by atoms with Gasteiger partial charge in [0.05, 0.1) is 34.3 Å². The average Bonchev–Trinajstić information content (AvgIpc) is 4.23. The Morgan fingerprint density at radius 1 is 0.368 bits per heavy atom. The molecule has 0 bridgehead atoms. The first-order valence-electron chi connectivity index (χ1n) is 26.1. The van der Waals surface area contributed by atoms with E-state index in [2.05, 4.69) is 187 Å². The number of para-hydroxylation sites is 2. The first kappa shape index (κ1) is 43.8. The van der Waals surface area contributed by atoms with E-state index in [9.17, 15) is 0 Å². The van der Waals surface area contributed by atoms with Gasteiger partial charge in [-0.05, 0) is 98.6 Å². The van der Waals surface area contributed by atoms with Crippen LogP contribution in [0.15, 0.2) is 218 Å². The number of nitrogens with zero attached hydrogens (tertiary/aromatic N) is 6. The van der Waals surface area contributed by atoms with Gasteiger partial charge in [0.15, 0.2) is 23.2 Å². The Kier molecular flexibility index (Phi) is 9.32. The lowest BCUT2D eigenvalue weighted by molar-refractivity contribution is 0.666. The summed E-state index contributed by atoms with van der Waals surface area (Å²) in [6, 6.07) is 77.6.